The zero-order chi connectivity index (χ0) is 13.2. The van der Waals surface area contributed by atoms with Crippen molar-refractivity contribution in [1.82, 2.24) is 4.90 Å². The SMILES string of the molecule is CC1(C)CN(C(=O)CC2(N)CCCCC2)CCS1. The van der Waals surface area contributed by atoms with Crippen LogP contribution in [0.4, 0.5) is 0 Å². The first-order chi connectivity index (χ1) is 8.40. The largest absolute Gasteiger partial charge is 0.340 e. The van der Waals surface area contributed by atoms with Crippen LogP contribution in [0.1, 0.15) is 52.4 Å². The van der Waals surface area contributed by atoms with Crippen molar-refractivity contribution in [2.45, 2.75) is 62.7 Å². The van der Waals surface area contributed by atoms with Crippen LogP contribution in [0, 0.1) is 0 Å². The summed E-state index contributed by atoms with van der Waals surface area (Å²) in [4.78, 5) is 14.4. The zero-order valence-electron chi connectivity index (χ0n) is 11.7. The van der Waals surface area contributed by atoms with Gasteiger partial charge in [0.15, 0.2) is 0 Å². The Balaban J connectivity index is 1.91. The van der Waals surface area contributed by atoms with Crippen molar-refractivity contribution in [3.8, 4) is 0 Å². The third kappa shape index (κ3) is 3.64. The molecule has 0 aromatic rings. The molecule has 1 saturated heterocycles. The summed E-state index contributed by atoms with van der Waals surface area (Å²) in [5.41, 5.74) is 6.16. The monoisotopic (exact) mass is 270 g/mol. The van der Waals surface area contributed by atoms with E-state index in [9.17, 15) is 4.79 Å². The van der Waals surface area contributed by atoms with E-state index in [4.69, 9.17) is 5.73 Å². The molecule has 2 N–H and O–H groups in total. The molecule has 1 heterocycles. The van der Waals surface area contributed by atoms with E-state index in [0.717, 1.165) is 31.7 Å². The first kappa shape index (κ1) is 14.2. The maximum Gasteiger partial charge on any atom is 0.224 e. The Labute approximate surface area is 115 Å². The van der Waals surface area contributed by atoms with Gasteiger partial charge >= 0.3 is 0 Å². The molecule has 1 aliphatic heterocycles. The second-order valence-corrected chi connectivity index (χ2v) is 8.33. The predicted molar refractivity (Wildman–Crippen MR) is 77.7 cm³/mol. The minimum Gasteiger partial charge on any atom is -0.340 e. The quantitative estimate of drug-likeness (QED) is 0.838. The van der Waals surface area contributed by atoms with Crippen LogP contribution >= 0.6 is 11.8 Å². The third-order valence-electron chi connectivity index (χ3n) is 4.13. The molecule has 104 valence electrons. The second-order valence-electron chi connectivity index (χ2n) is 6.52. The fourth-order valence-corrected chi connectivity index (χ4v) is 4.19. The molecule has 0 spiro atoms. The number of nitrogens with two attached hydrogens (primary N) is 1. The van der Waals surface area contributed by atoms with E-state index >= 15 is 0 Å². The summed E-state index contributed by atoms with van der Waals surface area (Å²) in [6, 6.07) is 0. The molecule has 0 radical (unpaired) electrons. The van der Waals surface area contributed by atoms with Crippen molar-refractivity contribution in [3.05, 3.63) is 0 Å². The topological polar surface area (TPSA) is 46.3 Å². The van der Waals surface area contributed by atoms with Crippen LogP contribution in [0.25, 0.3) is 0 Å². The normalized spacial score (nSPS) is 26.9. The lowest BCUT2D eigenvalue weighted by Crippen LogP contribution is -2.51. The first-order valence-corrected chi connectivity index (χ1v) is 8.10. The summed E-state index contributed by atoms with van der Waals surface area (Å²) >= 11 is 1.96. The molecule has 18 heavy (non-hydrogen) atoms. The summed E-state index contributed by atoms with van der Waals surface area (Å²) in [6.07, 6.45) is 6.24. The molecule has 0 bridgehead atoms. The van der Waals surface area contributed by atoms with Crippen LogP contribution in [0.3, 0.4) is 0 Å². The van der Waals surface area contributed by atoms with Crippen molar-refractivity contribution in [2.24, 2.45) is 5.73 Å². The van der Waals surface area contributed by atoms with Gasteiger partial charge in [0.2, 0.25) is 5.91 Å². The highest BCUT2D eigenvalue weighted by Gasteiger charge is 2.35. The number of nitrogens with zero attached hydrogens (tertiary/aromatic N) is 1. The minimum atomic E-state index is -0.218. The van der Waals surface area contributed by atoms with Gasteiger partial charge in [-0.1, -0.05) is 19.3 Å². The molecule has 4 heteroatoms. The van der Waals surface area contributed by atoms with Gasteiger partial charge in [0.05, 0.1) is 0 Å². The number of amides is 1. The number of hydrogen-bond donors (Lipinski definition) is 1. The van der Waals surface area contributed by atoms with Crippen molar-refractivity contribution >= 4 is 17.7 Å². The van der Waals surface area contributed by atoms with Crippen LogP contribution in [0.2, 0.25) is 0 Å². The van der Waals surface area contributed by atoms with Crippen molar-refractivity contribution in [1.29, 1.82) is 0 Å². The fourth-order valence-electron chi connectivity index (χ4n) is 3.08. The van der Waals surface area contributed by atoms with Crippen molar-refractivity contribution in [3.63, 3.8) is 0 Å². The van der Waals surface area contributed by atoms with Gasteiger partial charge in [-0.25, -0.2) is 0 Å². The Morgan fingerprint density at radius 1 is 1.28 bits per heavy atom. The highest BCUT2D eigenvalue weighted by molar-refractivity contribution is 8.00. The fraction of sp³-hybridized carbons (Fsp3) is 0.929. The van der Waals surface area contributed by atoms with Gasteiger partial charge in [0.1, 0.15) is 0 Å². The predicted octanol–water partition coefficient (Wildman–Crippen LogP) is 2.39. The van der Waals surface area contributed by atoms with Crippen molar-refractivity contribution in [2.75, 3.05) is 18.8 Å². The Morgan fingerprint density at radius 3 is 2.56 bits per heavy atom. The van der Waals surface area contributed by atoms with E-state index in [2.05, 4.69) is 13.8 Å². The summed E-state index contributed by atoms with van der Waals surface area (Å²) in [7, 11) is 0. The number of thioether (sulfide) groups is 1. The van der Waals surface area contributed by atoms with Gasteiger partial charge in [-0.05, 0) is 26.7 Å². The minimum absolute atomic E-state index is 0.197. The van der Waals surface area contributed by atoms with Crippen LogP contribution in [-0.4, -0.2) is 39.9 Å². The van der Waals surface area contributed by atoms with Crippen LogP contribution in [-0.2, 0) is 4.79 Å². The molecule has 0 atom stereocenters. The van der Waals surface area contributed by atoms with Crippen LogP contribution < -0.4 is 5.73 Å². The molecule has 0 aromatic heterocycles. The Bertz CT molecular complexity index is 311. The van der Waals surface area contributed by atoms with Crippen LogP contribution in [0.15, 0.2) is 0 Å². The molecular formula is C14H26N2OS. The Hall–Kier alpha value is -0.220. The standard InChI is InChI=1S/C14H26N2OS/c1-13(2)11-16(8-9-18-13)12(17)10-14(15)6-4-3-5-7-14/h3-11,15H2,1-2H3. The molecule has 2 fully saturated rings. The maximum absolute atomic E-state index is 12.4. The molecule has 2 aliphatic rings. The smallest absolute Gasteiger partial charge is 0.224 e. The molecule has 2 rings (SSSR count). The number of hydrogen-bond acceptors (Lipinski definition) is 3. The average molecular weight is 270 g/mol. The van der Waals surface area contributed by atoms with Crippen LogP contribution in [0.5, 0.6) is 0 Å². The molecule has 0 aromatic carbocycles. The molecule has 1 saturated carbocycles. The van der Waals surface area contributed by atoms with E-state index in [0.29, 0.717) is 6.42 Å². The van der Waals surface area contributed by atoms with Gasteiger partial charge in [0, 0.05) is 35.5 Å². The molecule has 1 aliphatic carbocycles. The zero-order valence-corrected chi connectivity index (χ0v) is 12.5. The molecule has 0 unspecified atom stereocenters. The molecule has 3 nitrogen and oxygen atoms in total. The number of carbonyl (C=O) groups excluding carboxylic acids is 1. The summed E-state index contributed by atoms with van der Waals surface area (Å²) in [5.74, 6) is 1.32. The van der Waals surface area contributed by atoms with E-state index in [-0.39, 0.29) is 16.2 Å². The molecule has 1 amide bonds. The lowest BCUT2D eigenvalue weighted by molar-refractivity contribution is -0.133. The maximum atomic E-state index is 12.4. The van der Waals surface area contributed by atoms with Gasteiger partial charge < -0.3 is 10.6 Å². The Morgan fingerprint density at radius 2 is 1.94 bits per heavy atom. The summed E-state index contributed by atoms with van der Waals surface area (Å²) in [6.45, 7) is 6.20. The van der Waals surface area contributed by atoms with Gasteiger partial charge in [0.25, 0.3) is 0 Å². The van der Waals surface area contributed by atoms with E-state index in [1.165, 1.54) is 19.3 Å². The van der Waals surface area contributed by atoms with Gasteiger partial charge in [-0.3, -0.25) is 4.79 Å². The highest BCUT2D eigenvalue weighted by atomic mass is 32.2. The lowest BCUT2D eigenvalue weighted by atomic mass is 9.80. The second kappa shape index (κ2) is 5.41. The first-order valence-electron chi connectivity index (χ1n) is 7.11. The van der Waals surface area contributed by atoms with E-state index < -0.39 is 0 Å². The molecular weight excluding hydrogens is 244 g/mol. The lowest BCUT2D eigenvalue weighted by Gasteiger charge is -2.40. The van der Waals surface area contributed by atoms with Gasteiger partial charge in [-0.15, -0.1) is 0 Å². The summed E-state index contributed by atoms with van der Waals surface area (Å²) < 4.78 is 0.197. The summed E-state index contributed by atoms with van der Waals surface area (Å²) in [5, 5.41) is 0. The van der Waals surface area contributed by atoms with E-state index in [1.54, 1.807) is 0 Å². The Kier molecular flexibility index (Phi) is 4.27. The van der Waals surface area contributed by atoms with Crippen molar-refractivity contribution < 1.29 is 4.79 Å². The van der Waals surface area contributed by atoms with E-state index in [1.807, 2.05) is 16.7 Å². The number of rotatable bonds is 2. The highest BCUT2D eigenvalue weighted by Crippen LogP contribution is 2.32. The average Bonchev–Trinajstić information content (AvgIpc) is 2.28. The third-order valence-corrected chi connectivity index (χ3v) is 5.43. The number of carbonyl (C=O) groups is 1. The van der Waals surface area contributed by atoms with Gasteiger partial charge in [-0.2, -0.15) is 11.8 Å².